The number of fused-ring (bicyclic) bond motifs is 1. The van der Waals surface area contributed by atoms with E-state index in [2.05, 4.69) is 10.9 Å². The SMILES string of the molecule is C#Cc1ccccc1.COc1cccc2[nH]ccc12. The maximum absolute atomic E-state index is 5.17. The molecule has 1 heterocycles. The Hall–Kier alpha value is -2.66. The molecule has 19 heavy (non-hydrogen) atoms. The quantitative estimate of drug-likeness (QED) is 0.651. The fourth-order valence-electron chi connectivity index (χ4n) is 1.77. The maximum Gasteiger partial charge on any atom is 0.128 e. The molecule has 0 radical (unpaired) electrons. The summed E-state index contributed by atoms with van der Waals surface area (Å²) in [5.74, 6) is 3.45. The first kappa shape index (κ1) is 12.8. The van der Waals surface area contributed by atoms with Gasteiger partial charge in [-0.05, 0) is 30.3 Å². The molecule has 0 saturated carbocycles. The Labute approximate surface area is 113 Å². The van der Waals surface area contributed by atoms with Crippen LogP contribution in [-0.2, 0) is 0 Å². The summed E-state index contributed by atoms with van der Waals surface area (Å²) in [5, 5.41) is 1.13. The Kier molecular flexibility index (Phi) is 4.25. The Bertz CT molecular complexity index is 677. The minimum Gasteiger partial charge on any atom is -0.496 e. The van der Waals surface area contributed by atoms with Crippen molar-refractivity contribution in [1.29, 1.82) is 0 Å². The molecule has 0 aliphatic heterocycles. The van der Waals surface area contributed by atoms with Gasteiger partial charge in [-0.1, -0.05) is 30.2 Å². The van der Waals surface area contributed by atoms with Crippen molar-refractivity contribution in [3.05, 3.63) is 66.4 Å². The van der Waals surface area contributed by atoms with Crippen molar-refractivity contribution >= 4 is 10.9 Å². The van der Waals surface area contributed by atoms with Crippen molar-refractivity contribution < 1.29 is 4.74 Å². The number of rotatable bonds is 1. The van der Waals surface area contributed by atoms with Gasteiger partial charge >= 0.3 is 0 Å². The second-order valence-electron chi connectivity index (χ2n) is 3.91. The van der Waals surface area contributed by atoms with Gasteiger partial charge in [0.15, 0.2) is 0 Å². The number of aromatic amines is 1. The van der Waals surface area contributed by atoms with Crippen molar-refractivity contribution in [2.75, 3.05) is 7.11 Å². The van der Waals surface area contributed by atoms with Gasteiger partial charge in [0.2, 0.25) is 0 Å². The number of hydrogen-bond donors (Lipinski definition) is 1. The van der Waals surface area contributed by atoms with Gasteiger partial charge in [-0.15, -0.1) is 6.42 Å². The van der Waals surface area contributed by atoms with Crippen LogP contribution in [0.1, 0.15) is 5.56 Å². The van der Waals surface area contributed by atoms with Crippen LogP contribution in [0.2, 0.25) is 0 Å². The Balaban J connectivity index is 0.000000148. The molecular weight excluding hydrogens is 234 g/mol. The fourth-order valence-corrected chi connectivity index (χ4v) is 1.77. The molecule has 0 aliphatic rings. The summed E-state index contributed by atoms with van der Waals surface area (Å²) in [6.45, 7) is 0. The van der Waals surface area contributed by atoms with Gasteiger partial charge in [-0.2, -0.15) is 0 Å². The lowest BCUT2D eigenvalue weighted by Crippen LogP contribution is -1.81. The fraction of sp³-hybridized carbons (Fsp3) is 0.0588. The topological polar surface area (TPSA) is 25.0 Å². The average molecular weight is 249 g/mol. The molecule has 1 aromatic heterocycles. The van der Waals surface area contributed by atoms with Gasteiger partial charge in [0.25, 0.3) is 0 Å². The molecule has 2 heteroatoms. The summed E-state index contributed by atoms with van der Waals surface area (Å²) < 4.78 is 5.17. The number of aromatic nitrogens is 1. The van der Waals surface area contributed by atoms with E-state index in [1.165, 1.54) is 0 Å². The molecule has 1 N–H and O–H groups in total. The summed E-state index contributed by atoms with van der Waals surface area (Å²) in [5.41, 5.74) is 2.05. The maximum atomic E-state index is 5.17. The van der Waals surface area contributed by atoms with Gasteiger partial charge in [0.1, 0.15) is 5.75 Å². The van der Waals surface area contributed by atoms with E-state index in [0.29, 0.717) is 0 Å². The Morgan fingerprint density at radius 2 is 1.79 bits per heavy atom. The average Bonchev–Trinajstić information content (AvgIpc) is 2.97. The lowest BCUT2D eigenvalue weighted by molar-refractivity contribution is 0.420. The van der Waals surface area contributed by atoms with E-state index in [4.69, 9.17) is 11.2 Å². The van der Waals surface area contributed by atoms with Gasteiger partial charge in [0.05, 0.1) is 7.11 Å². The van der Waals surface area contributed by atoms with Gasteiger partial charge < -0.3 is 9.72 Å². The summed E-state index contributed by atoms with van der Waals surface area (Å²) in [6.07, 6.45) is 7.01. The largest absolute Gasteiger partial charge is 0.496 e. The standard InChI is InChI=1S/C9H9NO.C8H6/c1-11-9-4-2-3-8-7(9)5-6-10-8;1-2-8-6-4-3-5-7-8/h2-6,10H,1H3;1,3-7H. The molecule has 94 valence electrons. The molecule has 3 aromatic rings. The zero-order valence-electron chi connectivity index (χ0n) is 10.8. The molecule has 0 aliphatic carbocycles. The third-order valence-electron chi connectivity index (χ3n) is 2.72. The number of methoxy groups -OCH3 is 1. The minimum absolute atomic E-state index is 0.920. The number of nitrogens with one attached hydrogen (secondary N) is 1. The zero-order chi connectivity index (χ0) is 13.5. The molecule has 0 amide bonds. The van der Waals surface area contributed by atoms with E-state index in [9.17, 15) is 0 Å². The number of benzene rings is 2. The van der Waals surface area contributed by atoms with Crippen LogP contribution in [0.4, 0.5) is 0 Å². The third kappa shape index (κ3) is 3.17. The highest BCUT2D eigenvalue weighted by atomic mass is 16.5. The second kappa shape index (κ2) is 6.32. The van der Waals surface area contributed by atoms with Crippen molar-refractivity contribution in [2.45, 2.75) is 0 Å². The van der Waals surface area contributed by atoms with Crippen LogP contribution in [0.5, 0.6) is 5.75 Å². The molecule has 0 fully saturated rings. The number of ether oxygens (including phenoxy) is 1. The van der Waals surface area contributed by atoms with Crippen LogP contribution >= 0.6 is 0 Å². The van der Waals surface area contributed by atoms with Crippen molar-refractivity contribution in [3.8, 4) is 18.1 Å². The molecule has 3 rings (SSSR count). The molecule has 0 bridgehead atoms. The van der Waals surface area contributed by atoms with Gasteiger partial charge in [-0.3, -0.25) is 0 Å². The van der Waals surface area contributed by atoms with Gasteiger partial charge in [0, 0.05) is 22.7 Å². The molecule has 0 spiro atoms. The van der Waals surface area contributed by atoms with Crippen LogP contribution in [-0.4, -0.2) is 12.1 Å². The van der Waals surface area contributed by atoms with Gasteiger partial charge in [-0.25, -0.2) is 0 Å². The molecule has 2 aromatic carbocycles. The molecule has 0 saturated heterocycles. The van der Waals surface area contributed by atoms with Crippen molar-refractivity contribution in [1.82, 2.24) is 4.98 Å². The van der Waals surface area contributed by atoms with E-state index >= 15 is 0 Å². The minimum atomic E-state index is 0.920. The Morgan fingerprint density at radius 3 is 2.42 bits per heavy atom. The van der Waals surface area contributed by atoms with E-state index in [0.717, 1.165) is 22.2 Å². The predicted molar refractivity (Wildman–Crippen MR) is 79.2 cm³/mol. The highest BCUT2D eigenvalue weighted by Crippen LogP contribution is 2.23. The van der Waals surface area contributed by atoms with E-state index in [1.807, 2.05) is 60.8 Å². The van der Waals surface area contributed by atoms with Crippen LogP contribution in [0.25, 0.3) is 10.9 Å². The highest BCUT2D eigenvalue weighted by Gasteiger charge is 1.98. The summed E-state index contributed by atoms with van der Waals surface area (Å²) in [6, 6.07) is 17.6. The second-order valence-corrected chi connectivity index (χ2v) is 3.91. The van der Waals surface area contributed by atoms with E-state index < -0.39 is 0 Å². The van der Waals surface area contributed by atoms with Crippen LogP contribution in [0.15, 0.2) is 60.8 Å². The summed E-state index contributed by atoms with van der Waals surface area (Å²) in [7, 11) is 1.68. The first-order valence-corrected chi connectivity index (χ1v) is 5.97. The lowest BCUT2D eigenvalue weighted by atomic mass is 10.2. The highest BCUT2D eigenvalue weighted by molar-refractivity contribution is 5.85. The van der Waals surface area contributed by atoms with E-state index in [-0.39, 0.29) is 0 Å². The number of hydrogen-bond acceptors (Lipinski definition) is 1. The van der Waals surface area contributed by atoms with Crippen molar-refractivity contribution in [3.63, 3.8) is 0 Å². The summed E-state index contributed by atoms with van der Waals surface area (Å²) >= 11 is 0. The number of terminal acetylenes is 1. The smallest absolute Gasteiger partial charge is 0.128 e. The predicted octanol–water partition coefficient (Wildman–Crippen LogP) is 3.84. The first-order valence-electron chi connectivity index (χ1n) is 5.97. The van der Waals surface area contributed by atoms with Crippen molar-refractivity contribution in [2.24, 2.45) is 0 Å². The number of H-pyrrole nitrogens is 1. The first-order chi connectivity index (χ1) is 9.35. The Morgan fingerprint density at radius 1 is 1.00 bits per heavy atom. The molecular formula is C17H15NO. The molecule has 0 atom stereocenters. The van der Waals surface area contributed by atoms with Crippen LogP contribution in [0.3, 0.4) is 0 Å². The lowest BCUT2D eigenvalue weighted by Gasteiger charge is -1.99. The third-order valence-corrected chi connectivity index (χ3v) is 2.72. The zero-order valence-corrected chi connectivity index (χ0v) is 10.8. The van der Waals surface area contributed by atoms with Crippen LogP contribution in [0, 0.1) is 12.3 Å². The summed E-state index contributed by atoms with van der Waals surface area (Å²) in [4.78, 5) is 3.11. The molecule has 2 nitrogen and oxygen atoms in total. The van der Waals surface area contributed by atoms with Crippen LogP contribution < -0.4 is 4.74 Å². The van der Waals surface area contributed by atoms with E-state index in [1.54, 1.807) is 7.11 Å². The normalized spacial score (nSPS) is 9.26. The monoisotopic (exact) mass is 249 g/mol. The molecule has 0 unspecified atom stereocenters.